The van der Waals surface area contributed by atoms with Crippen molar-refractivity contribution in [1.29, 1.82) is 0 Å². The third-order valence-corrected chi connectivity index (χ3v) is 4.52. The number of ether oxygens (including phenoxy) is 1. The first kappa shape index (κ1) is 14.6. The Morgan fingerprint density at radius 2 is 2.14 bits per heavy atom. The molecule has 1 heterocycles. The van der Waals surface area contributed by atoms with E-state index in [0.29, 0.717) is 5.57 Å². The van der Waals surface area contributed by atoms with Crippen molar-refractivity contribution in [2.24, 2.45) is 0 Å². The van der Waals surface area contributed by atoms with E-state index in [1.54, 1.807) is 0 Å². The average Bonchev–Trinajstić information content (AvgIpc) is 2.48. The molecule has 1 amide bonds. The van der Waals surface area contributed by atoms with Crippen molar-refractivity contribution in [3.63, 3.8) is 0 Å². The number of benzene rings is 1. The summed E-state index contributed by atoms with van der Waals surface area (Å²) in [6, 6.07) is 5.58. The van der Waals surface area contributed by atoms with Crippen molar-refractivity contribution in [3.05, 3.63) is 33.8 Å². The predicted octanol–water partition coefficient (Wildman–Crippen LogP) is 2.64. The van der Waals surface area contributed by atoms with Gasteiger partial charge in [-0.15, -0.1) is 0 Å². The summed E-state index contributed by atoms with van der Waals surface area (Å²) in [5.74, 6) is 0.638. The first-order valence-electron chi connectivity index (χ1n) is 7.25. The molecule has 21 heavy (non-hydrogen) atoms. The van der Waals surface area contributed by atoms with Crippen LogP contribution in [-0.2, 0) is 4.79 Å². The molecule has 0 unspecified atom stereocenters. The van der Waals surface area contributed by atoms with Crippen LogP contribution in [0.3, 0.4) is 0 Å². The summed E-state index contributed by atoms with van der Waals surface area (Å²) < 4.78 is 6.57. The second-order valence-corrected chi connectivity index (χ2v) is 6.49. The molecule has 1 saturated carbocycles. The highest BCUT2D eigenvalue weighted by Gasteiger charge is 2.26. The van der Waals surface area contributed by atoms with Gasteiger partial charge in [-0.05, 0) is 37.1 Å². The van der Waals surface area contributed by atoms with E-state index >= 15 is 0 Å². The Kier molecular flexibility index (Phi) is 4.31. The monoisotopic (exact) mass is 351 g/mol. The smallest absolute Gasteiger partial charge is 0.250 e. The molecule has 0 saturated heterocycles. The third-order valence-electron chi connectivity index (χ3n) is 4.02. The lowest BCUT2D eigenvalue weighted by Gasteiger charge is -2.29. The second kappa shape index (κ2) is 6.20. The van der Waals surface area contributed by atoms with Gasteiger partial charge in [-0.3, -0.25) is 4.79 Å². The van der Waals surface area contributed by atoms with E-state index in [1.807, 2.05) is 24.3 Å². The van der Waals surface area contributed by atoms with Crippen LogP contribution in [0.5, 0.6) is 5.75 Å². The highest BCUT2D eigenvalue weighted by molar-refractivity contribution is 9.10. The molecule has 5 heteroatoms. The maximum atomic E-state index is 12.3. The zero-order chi connectivity index (χ0) is 14.8. The number of fused-ring (bicyclic) bond motifs is 1. The molecular weight excluding hydrogens is 334 g/mol. The van der Waals surface area contributed by atoms with Gasteiger partial charge in [0.15, 0.2) is 0 Å². The first-order valence-corrected chi connectivity index (χ1v) is 8.04. The average molecular weight is 352 g/mol. The van der Waals surface area contributed by atoms with Crippen molar-refractivity contribution in [2.75, 3.05) is 6.61 Å². The van der Waals surface area contributed by atoms with E-state index in [1.165, 1.54) is 0 Å². The van der Waals surface area contributed by atoms with Gasteiger partial charge < -0.3 is 15.2 Å². The van der Waals surface area contributed by atoms with Gasteiger partial charge in [-0.1, -0.05) is 28.8 Å². The molecule has 2 atom stereocenters. The fourth-order valence-electron chi connectivity index (χ4n) is 2.82. The summed E-state index contributed by atoms with van der Waals surface area (Å²) in [7, 11) is 0. The van der Waals surface area contributed by atoms with Gasteiger partial charge in [-0.25, -0.2) is 0 Å². The Balaban J connectivity index is 1.73. The molecule has 1 aromatic rings. The fraction of sp³-hybridized carbons (Fsp3) is 0.438. The summed E-state index contributed by atoms with van der Waals surface area (Å²) in [4.78, 5) is 12.3. The zero-order valence-corrected chi connectivity index (χ0v) is 13.2. The molecule has 1 aliphatic carbocycles. The van der Waals surface area contributed by atoms with Gasteiger partial charge in [0.05, 0.1) is 17.7 Å². The minimum absolute atomic E-state index is 0.143. The van der Waals surface area contributed by atoms with Crippen LogP contribution < -0.4 is 10.1 Å². The van der Waals surface area contributed by atoms with Crippen LogP contribution in [0.15, 0.2) is 28.2 Å². The standard InChI is InChI=1S/C16H18BrNO3/c17-12-5-6-15-10(8-12)7-11(9-21-15)16(20)18-13-3-1-2-4-14(13)19/h5-8,13-14,19H,1-4,9H2,(H,18,20)/t13-,14-/m0/s1. The fourth-order valence-corrected chi connectivity index (χ4v) is 3.20. The number of carbonyl (C=O) groups is 1. The number of aliphatic hydroxyl groups excluding tert-OH is 1. The van der Waals surface area contributed by atoms with E-state index in [9.17, 15) is 9.90 Å². The number of carbonyl (C=O) groups excluding carboxylic acids is 1. The Morgan fingerprint density at radius 1 is 1.33 bits per heavy atom. The van der Waals surface area contributed by atoms with Crippen LogP contribution in [0.25, 0.3) is 6.08 Å². The quantitative estimate of drug-likeness (QED) is 0.860. The van der Waals surface area contributed by atoms with Crippen molar-refractivity contribution in [1.82, 2.24) is 5.32 Å². The molecule has 112 valence electrons. The lowest BCUT2D eigenvalue weighted by molar-refractivity contribution is -0.119. The van der Waals surface area contributed by atoms with Crippen molar-refractivity contribution >= 4 is 27.9 Å². The maximum absolute atomic E-state index is 12.3. The number of aliphatic hydroxyl groups is 1. The summed E-state index contributed by atoms with van der Waals surface area (Å²) in [6.45, 7) is 0.267. The number of hydrogen-bond donors (Lipinski definition) is 2. The van der Waals surface area contributed by atoms with E-state index in [0.717, 1.165) is 41.5 Å². The van der Waals surface area contributed by atoms with Crippen LogP contribution in [-0.4, -0.2) is 29.8 Å². The minimum Gasteiger partial charge on any atom is -0.488 e. The van der Waals surface area contributed by atoms with E-state index in [4.69, 9.17) is 4.74 Å². The van der Waals surface area contributed by atoms with Crippen LogP contribution in [0.1, 0.15) is 31.2 Å². The Hall–Kier alpha value is -1.33. The van der Waals surface area contributed by atoms with Crippen LogP contribution >= 0.6 is 15.9 Å². The van der Waals surface area contributed by atoms with Crippen LogP contribution in [0, 0.1) is 0 Å². The van der Waals surface area contributed by atoms with Crippen LogP contribution in [0.4, 0.5) is 0 Å². The number of amides is 1. The Bertz CT molecular complexity index is 585. The van der Waals surface area contributed by atoms with Crippen molar-refractivity contribution < 1.29 is 14.6 Å². The van der Waals surface area contributed by atoms with Gasteiger partial charge in [0.25, 0.3) is 5.91 Å². The molecule has 0 spiro atoms. The van der Waals surface area contributed by atoms with Crippen LogP contribution in [0.2, 0.25) is 0 Å². The Labute approximate surface area is 132 Å². The lowest BCUT2D eigenvalue weighted by Crippen LogP contribution is -2.46. The number of halogens is 1. The summed E-state index contributed by atoms with van der Waals surface area (Å²) in [5, 5.41) is 12.9. The van der Waals surface area contributed by atoms with Crippen molar-refractivity contribution in [3.8, 4) is 5.75 Å². The summed E-state index contributed by atoms with van der Waals surface area (Å²) in [5.41, 5.74) is 1.49. The molecule has 0 bridgehead atoms. The molecule has 0 aromatic heterocycles. The second-order valence-electron chi connectivity index (χ2n) is 5.57. The first-order chi connectivity index (χ1) is 10.1. The van der Waals surface area contributed by atoms with E-state index < -0.39 is 6.10 Å². The molecule has 1 fully saturated rings. The van der Waals surface area contributed by atoms with E-state index in [-0.39, 0.29) is 18.6 Å². The molecule has 1 aliphatic heterocycles. The molecule has 0 radical (unpaired) electrons. The number of nitrogens with one attached hydrogen (secondary N) is 1. The lowest BCUT2D eigenvalue weighted by atomic mass is 9.92. The van der Waals surface area contributed by atoms with E-state index in [2.05, 4.69) is 21.2 Å². The predicted molar refractivity (Wildman–Crippen MR) is 84.0 cm³/mol. The molecule has 2 N–H and O–H groups in total. The number of hydrogen-bond acceptors (Lipinski definition) is 3. The SMILES string of the molecule is O=C(N[C@H]1CCCC[C@@H]1O)C1=Cc2cc(Br)ccc2OC1. The maximum Gasteiger partial charge on any atom is 0.250 e. The minimum atomic E-state index is -0.436. The largest absolute Gasteiger partial charge is 0.488 e. The van der Waals surface area contributed by atoms with Crippen molar-refractivity contribution in [2.45, 2.75) is 37.8 Å². The van der Waals surface area contributed by atoms with Gasteiger partial charge in [0.2, 0.25) is 0 Å². The molecule has 2 aliphatic rings. The molecule has 4 nitrogen and oxygen atoms in total. The highest BCUT2D eigenvalue weighted by atomic mass is 79.9. The topological polar surface area (TPSA) is 58.6 Å². The van der Waals surface area contributed by atoms with Gasteiger partial charge in [0.1, 0.15) is 12.4 Å². The van der Waals surface area contributed by atoms with Gasteiger partial charge in [-0.2, -0.15) is 0 Å². The third kappa shape index (κ3) is 3.30. The van der Waals surface area contributed by atoms with Gasteiger partial charge in [0, 0.05) is 10.0 Å². The highest BCUT2D eigenvalue weighted by Crippen LogP contribution is 2.29. The normalized spacial score (nSPS) is 24.6. The number of rotatable bonds is 2. The zero-order valence-electron chi connectivity index (χ0n) is 11.6. The molecule has 1 aromatic carbocycles. The molecular formula is C16H18BrNO3. The van der Waals surface area contributed by atoms with Gasteiger partial charge >= 0.3 is 0 Å². The summed E-state index contributed by atoms with van der Waals surface area (Å²) >= 11 is 3.42. The summed E-state index contributed by atoms with van der Waals surface area (Å²) in [6.07, 6.45) is 5.09. The Morgan fingerprint density at radius 3 is 2.95 bits per heavy atom. The molecule has 3 rings (SSSR count).